The van der Waals surface area contributed by atoms with Gasteiger partial charge in [0, 0.05) is 35.5 Å². The molecule has 2 rings (SSSR count). The molecule has 0 aromatic rings. The molecule has 2 heterocycles. The van der Waals surface area contributed by atoms with Crippen LogP contribution in [0.1, 0.15) is 12.8 Å². The molecular formula is C15H23NO2S. The fourth-order valence-electron chi connectivity index (χ4n) is 3.08. The number of ether oxygens (including phenoxy) is 2. The van der Waals surface area contributed by atoms with Gasteiger partial charge in [0.25, 0.3) is 0 Å². The first kappa shape index (κ1) is 14.7. The minimum Gasteiger partial charge on any atom is -0.493 e. The zero-order valence-electron chi connectivity index (χ0n) is 11.6. The minimum atomic E-state index is -0.0372. The van der Waals surface area contributed by atoms with Crippen LogP contribution in [0.4, 0.5) is 0 Å². The second-order valence-corrected chi connectivity index (χ2v) is 6.27. The summed E-state index contributed by atoms with van der Waals surface area (Å²) in [4.78, 5) is 0. The van der Waals surface area contributed by atoms with Crippen LogP contribution < -0.4 is 5.73 Å². The SMILES string of the molecule is C=CC1=C(C=C)C(N)C(C2(SC)CCOCC2)CO1. The van der Waals surface area contributed by atoms with Gasteiger partial charge in [0.2, 0.25) is 0 Å². The van der Waals surface area contributed by atoms with Crippen molar-refractivity contribution in [3.63, 3.8) is 0 Å². The maximum Gasteiger partial charge on any atom is 0.123 e. The van der Waals surface area contributed by atoms with Crippen molar-refractivity contribution >= 4 is 11.8 Å². The smallest absolute Gasteiger partial charge is 0.123 e. The molecule has 2 aliphatic heterocycles. The summed E-state index contributed by atoms with van der Waals surface area (Å²) in [6.07, 6.45) is 7.76. The third kappa shape index (κ3) is 2.62. The van der Waals surface area contributed by atoms with Crippen molar-refractivity contribution < 1.29 is 9.47 Å². The predicted octanol–water partition coefficient (Wildman–Crippen LogP) is 2.50. The van der Waals surface area contributed by atoms with E-state index in [1.165, 1.54) is 0 Å². The first-order chi connectivity index (χ1) is 9.18. The van der Waals surface area contributed by atoms with Crippen molar-refractivity contribution in [2.75, 3.05) is 26.1 Å². The van der Waals surface area contributed by atoms with E-state index in [0.717, 1.165) is 37.4 Å². The number of rotatable bonds is 4. The molecule has 0 aromatic heterocycles. The Morgan fingerprint density at radius 2 is 2.00 bits per heavy atom. The third-order valence-electron chi connectivity index (χ3n) is 4.32. The van der Waals surface area contributed by atoms with Gasteiger partial charge in [-0.15, -0.1) is 0 Å². The molecule has 0 aromatic carbocycles. The van der Waals surface area contributed by atoms with Crippen molar-refractivity contribution in [1.29, 1.82) is 0 Å². The number of allylic oxidation sites excluding steroid dienone is 1. The lowest BCUT2D eigenvalue weighted by molar-refractivity contribution is 0.0339. The van der Waals surface area contributed by atoms with E-state index in [1.54, 1.807) is 12.2 Å². The molecule has 106 valence electrons. The van der Waals surface area contributed by atoms with Crippen molar-refractivity contribution in [1.82, 2.24) is 0 Å². The van der Waals surface area contributed by atoms with E-state index in [9.17, 15) is 0 Å². The van der Waals surface area contributed by atoms with E-state index in [0.29, 0.717) is 12.5 Å². The highest BCUT2D eigenvalue weighted by atomic mass is 32.2. The molecule has 2 aliphatic rings. The number of hydrogen-bond acceptors (Lipinski definition) is 4. The molecule has 0 bridgehead atoms. The van der Waals surface area contributed by atoms with Gasteiger partial charge in [-0.25, -0.2) is 0 Å². The van der Waals surface area contributed by atoms with Gasteiger partial charge < -0.3 is 15.2 Å². The summed E-state index contributed by atoms with van der Waals surface area (Å²) in [6, 6.07) is -0.0372. The molecule has 0 amide bonds. The first-order valence-corrected chi connectivity index (χ1v) is 7.91. The van der Waals surface area contributed by atoms with E-state index in [4.69, 9.17) is 15.2 Å². The number of thioether (sulfide) groups is 1. The van der Waals surface area contributed by atoms with Crippen LogP contribution in [0.15, 0.2) is 36.6 Å². The Bertz CT molecular complexity index is 386. The molecule has 0 aliphatic carbocycles. The van der Waals surface area contributed by atoms with Crippen LogP contribution in [-0.2, 0) is 9.47 Å². The normalized spacial score (nSPS) is 30.6. The Kier molecular flexibility index (Phi) is 4.76. The molecule has 0 spiro atoms. The van der Waals surface area contributed by atoms with Crippen molar-refractivity contribution in [2.45, 2.75) is 23.6 Å². The summed E-state index contributed by atoms with van der Waals surface area (Å²) in [5.74, 6) is 1.07. The second-order valence-electron chi connectivity index (χ2n) is 5.05. The summed E-state index contributed by atoms with van der Waals surface area (Å²) in [6.45, 7) is 9.92. The highest BCUT2D eigenvalue weighted by Crippen LogP contribution is 2.45. The Morgan fingerprint density at radius 1 is 1.32 bits per heavy atom. The standard InChI is InChI=1S/C15H23NO2S/c1-4-11-13(5-2)18-10-12(14(11)16)15(19-3)6-8-17-9-7-15/h4-5,12,14H,1-2,6-10,16H2,3H3. The van der Waals surface area contributed by atoms with Gasteiger partial charge in [-0.1, -0.05) is 19.2 Å². The largest absolute Gasteiger partial charge is 0.493 e. The Balaban J connectivity index is 2.28. The Morgan fingerprint density at radius 3 is 2.53 bits per heavy atom. The fourth-order valence-corrected chi connectivity index (χ4v) is 4.18. The van der Waals surface area contributed by atoms with Crippen molar-refractivity contribution in [2.24, 2.45) is 11.7 Å². The molecule has 2 unspecified atom stereocenters. The summed E-state index contributed by atoms with van der Waals surface area (Å²) in [7, 11) is 0. The Hall–Kier alpha value is -0.710. The van der Waals surface area contributed by atoms with E-state index in [1.807, 2.05) is 11.8 Å². The van der Waals surface area contributed by atoms with Crippen LogP contribution in [0.25, 0.3) is 0 Å². The topological polar surface area (TPSA) is 44.5 Å². The van der Waals surface area contributed by atoms with Crippen LogP contribution in [-0.4, -0.2) is 36.9 Å². The summed E-state index contributed by atoms with van der Waals surface area (Å²) < 4.78 is 11.5. The molecule has 1 saturated heterocycles. The van der Waals surface area contributed by atoms with E-state index in [-0.39, 0.29) is 10.8 Å². The van der Waals surface area contributed by atoms with Gasteiger partial charge in [-0.2, -0.15) is 11.8 Å². The van der Waals surface area contributed by atoms with Crippen molar-refractivity contribution in [3.05, 3.63) is 36.6 Å². The fraction of sp³-hybridized carbons (Fsp3) is 0.600. The third-order valence-corrected chi connectivity index (χ3v) is 5.85. The minimum absolute atomic E-state index is 0.0372. The Labute approximate surface area is 119 Å². The van der Waals surface area contributed by atoms with Crippen LogP contribution in [0.2, 0.25) is 0 Å². The van der Waals surface area contributed by atoms with E-state index >= 15 is 0 Å². The van der Waals surface area contributed by atoms with E-state index < -0.39 is 0 Å². The van der Waals surface area contributed by atoms with Gasteiger partial charge in [0.05, 0.1) is 6.61 Å². The molecule has 0 radical (unpaired) electrons. The zero-order chi connectivity index (χ0) is 13.9. The lowest BCUT2D eigenvalue weighted by Gasteiger charge is -2.46. The summed E-state index contributed by atoms with van der Waals surface area (Å²) in [5.41, 5.74) is 7.46. The number of hydrogen-bond donors (Lipinski definition) is 1. The van der Waals surface area contributed by atoms with Gasteiger partial charge in [-0.05, 0) is 25.2 Å². The molecule has 2 N–H and O–H groups in total. The van der Waals surface area contributed by atoms with Crippen LogP contribution in [0, 0.1) is 5.92 Å². The van der Waals surface area contributed by atoms with Gasteiger partial charge >= 0.3 is 0 Å². The summed E-state index contributed by atoms with van der Waals surface area (Å²) >= 11 is 1.90. The molecule has 1 fully saturated rings. The molecule has 2 atom stereocenters. The quantitative estimate of drug-likeness (QED) is 0.860. The average molecular weight is 281 g/mol. The maximum absolute atomic E-state index is 6.48. The van der Waals surface area contributed by atoms with Crippen molar-refractivity contribution in [3.8, 4) is 0 Å². The van der Waals surface area contributed by atoms with Gasteiger partial charge in [-0.3, -0.25) is 0 Å². The lowest BCUT2D eigenvalue weighted by atomic mass is 9.77. The monoisotopic (exact) mass is 281 g/mol. The summed E-state index contributed by atoms with van der Waals surface area (Å²) in [5, 5.41) is 0. The average Bonchev–Trinajstić information content (AvgIpc) is 2.47. The predicted molar refractivity (Wildman–Crippen MR) is 81.1 cm³/mol. The lowest BCUT2D eigenvalue weighted by Crippen LogP contribution is -2.53. The first-order valence-electron chi connectivity index (χ1n) is 6.69. The second kappa shape index (κ2) is 6.16. The van der Waals surface area contributed by atoms with Crippen LogP contribution >= 0.6 is 11.8 Å². The highest BCUT2D eigenvalue weighted by molar-refractivity contribution is 8.00. The molecule has 3 nitrogen and oxygen atoms in total. The zero-order valence-corrected chi connectivity index (χ0v) is 12.4. The number of nitrogens with two attached hydrogens (primary N) is 1. The molecular weight excluding hydrogens is 258 g/mol. The molecule has 4 heteroatoms. The van der Waals surface area contributed by atoms with Gasteiger partial charge in [0.15, 0.2) is 0 Å². The van der Waals surface area contributed by atoms with Crippen LogP contribution in [0.3, 0.4) is 0 Å². The maximum atomic E-state index is 6.48. The van der Waals surface area contributed by atoms with E-state index in [2.05, 4.69) is 19.4 Å². The van der Waals surface area contributed by atoms with Gasteiger partial charge in [0.1, 0.15) is 5.76 Å². The van der Waals surface area contributed by atoms with Crippen LogP contribution in [0.5, 0.6) is 0 Å². The highest BCUT2D eigenvalue weighted by Gasteiger charge is 2.45. The molecule has 0 saturated carbocycles. The molecule has 19 heavy (non-hydrogen) atoms.